The maximum Gasteiger partial charge on any atom is 0.264 e. The smallest absolute Gasteiger partial charge is 0.264 e. The molecule has 0 saturated carbocycles. The molecule has 2 rings (SSSR count). The highest BCUT2D eigenvalue weighted by molar-refractivity contribution is 9.11. The van der Waals surface area contributed by atoms with Crippen LogP contribution in [0.1, 0.15) is 5.56 Å². The van der Waals surface area contributed by atoms with E-state index in [2.05, 4.69) is 36.6 Å². The van der Waals surface area contributed by atoms with E-state index in [0.29, 0.717) is 20.2 Å². The number of sulfonamides is 1. The molecule has 0 heterocycles. The Kier molecular flexibility index (Phi) is 4.50. The minimum absolute atomic E-state index is 0.0191. The van der Waals surface area contributed by atoms with Crippen LogP contribution in [0.25, 0.3) is 0 Å². The number of phenols is 1. The highest BCUT2D eigenvalue weighted by Gasteiger charge is 2.22. The Hall–Kier alpha value is -1.25. The molecule has 0 atom stereocenters. The van der Waals surface area contributed by atoms with E-state index in [-0.39, 0.29) is 16.3 Å². The van der Waals surface area contributed by atoms with E-state index in [4.69, 9.17) is 5.73 Å². The Morgan fingerprint density at radius 1 is 1.14 bits per heavy atom. The first kappa shape index (κ1) is 16.1. The second-order valence-corrected chi connectivity index (χ2v) is 7.75. The molecule has 0 saturated heterocycles. The average Bonchev–Trinajstić information content (AvgIpc) is 2.31. The van der Waals surface area contributed by atoms with Crippen LogP contribution >= 0.6 is 31.9 Å². The van der Waals surface area contributed by atoms with Gasteiger partial charge in [-0.2, -0.15) is 0 Å². The van der Waals surface area contributed by atoms with Gasteiger partial charge in [-0.05, 0) is 62.5 Å². The van der Waals surface area contributed by atoms with Crippen LogP contribution in [0.2, 0.25) is 0 Å². The lowest BCUT2D eigenvalue weighted by molar-refractivity contribution is 0.471. The normalized spacial score (nSPS) is 11.4. The molecule has 21 heavy (non-hydrogen) atoms. The molecule has 0 spiro atoms. The molecule has 8 heteroatoms. The first-order chi connectivity index (χ1) is 9.70. The first-order valence-corrected chi connectivity index (χ1v) is 8.84. The van der Waals surface area contributed by atoms with Crippen molar-refractivity contribution in [2.75, 3.05) is 10.5 Å². The van der Waals surface area contributed by atoms with Gasteiger partial charge in [-0.3, -0.25) is 4.72 Å². The van der Waals surface area contributed by atoms with Crippen molar-refractivity contribution in [2.24, 2.45) is 0 Å². The number of nitrogens with one attached hydrogen (secondary N) is 1. The van der Waals surface area contributed by atoms with Crippen LogP contribution < -0.4 is 10.5 Å². The van der Waals surface area contributed by atoms with Crippen LogP contribution in [0, 0.1) is 6.92 Å². The summed E-state index contributed by atoms with van der Waals surface area (Å²) in [6.07, 6.45) is 0. The number of phenolic OH excluding ortho intramolecular Hbond substituents is 1. The maximum absolute atomic E-state index is 12.5. The first-order valence-electron chi connectivity index (χ1n) is 5.77. The number of nitrogens with two attached hydrogens (primary N) is 1. The van der Waals surface area contributed by atoms with E-state index in [0.717, 1.165) is 0 Å². The number of rotatable bonds is 3. The quantitative estimate of drug-likeness (QED) is 0.642. The summed E-state index contributed by atoms with van der Waals surface area (Å²) in [7, 11) is -3.83. The number of aryl methyl sites for hydroxylation is 1. The molecular weight excluding hydrogens is 424 g/mol. The Labute approximate surface area is 139 Å². The summed E-state index contributed by atoms with van der Waals surface area (Å²) in [6, 6.07) is 7.57. The Bertz CT molecular complexity index is 784. The molecule has 0 aromatic heterocycles. The Balaban J connectivity index is 2.46. The maximum atomic E-state index is 12.5. The third kappa shape index (κ3) is 3.50. The van der Waals surface area contributed by atoms with Crippen molar-refractivity contribution >= 4 is 53.3 Å². The molecule has 2 aromatic carbocycles. The Morgan fingerprint density at radius 3 is 2.24 bits per heavy atom. The van der Waals surface area contributed by atoms with Gasteiger partial charge in [0.2, 0.25) is 0 Å². The molecule has 0 unspecified atom stereocenters. The monoisotopic (exact) mass is 434 g/mol. The molecule has 0 aliphatic rings. The lowest BCUT2D eigenvalue weighted by Crippen LogP contribution is -2.14. The lowest BCUT2D eigenvalue weighted by atomic mass is 10.2. The number of anilines is 2. The van der Waals surface area contributed by atoms with Gasteiger partial charge in [0.15, 0.2) is 0 Å². The molecule has 0 radical (unpaired) electrons. The van der Waals surface area contributed by atoms with Crippen molar-refractivity contribution in [1.82, 2.24) is 0 Å². The fourth-order valence-electron chi connectivity index (χ4n) is 1.72. The fraction of sp³-hybridized carbons (Fsp3) is 0.0769. The van der Waals surface area contributed by atoms with Crippen molar-refractivity contribution in [3.63, 3.8) is 0 Å². The zero-order valence-corrected chi connectivity index (χ0v) is 14.9. The zero-order chi connectivity index (χ0) is 15.8. The number of hydrogen-bond acceptors (Lipinski definition) is 4. The highest BCUT2D eigenvalue weighted by Crippen LogP contribution is 2.34. The minimum atomic E-state index is -3.83. The van der Waals surface area contributed by atoms with Gasteiger partial charge in [-0.15, -0.1) is 0 Å². The minimum Gasteiger partial charge on any atom is -0.508 e. The van der Waals surface area contributed by atoms with Gasteiger partial charge in [0, 0.05) is 20.7 Å². The largest absolute Gasteiger partial charge is 0.508 e. The summed E-state index contributed by atoms with van der Waals surface area (Å²) < 4.78 is 28.0. The molecular formula is C13H12Br2N2O3S. The number of aromatic hydroxyl groups is 1. The highest BCUT2D eigenvalue weighted by atomic mass is 79.9. The van der Waals surface area contributed by atoms with Crippen LogP contribution in [-0.4, -0.2) is 13.5 Å². The van der Waals surface area contributed by atoms with E-state index in [1.807, 2.05) is 0 Å². The van der Waals surface area contributed by atoms with Crippen LogP contribution in [0.5, 0.6) is 5.75 Å². The summed E-state index contributed by atoms with van der Waals surface area (Å²) in [5.41, 5.74) is 7.02. The molecule has 5 nitrogen and oxygen atoms in total. The van der Waals surface area contributed by atoms with E-state index in [9.17, 15) is 13.5 Å². The summed E-state index contributed by atoms with van der Waals surface area (Å²) >= 11 is 6.39. The van der Waals surface area contributed by atoms with Crippen molar-refractivity contribution in [3.8, 4) is 5.75 Å². The van der Waals surface area contributed by atoms with Gasteiger partial charge in [-0.25, -0.2) is 8.42 Å². The molecule has 0 aliphatic heterocycles. The van der Waals surface area contributed by atoms with E-state index in [1.54, 1.807) is 19.1 Å². The zero-order valence-electron chi connectivity index (χ0n) is 10.9. The van der Waals surface area contributed by atoms with Gasteiger partial charge in [0.25, 0.3) is 10.0 Å². The molecule has 0 amide bonds. The third-order valence-electron chi connectivity index (χ3n) is 2.75. The summed E-state index contributed by atoms with van der Waals surface area (Å²) in [4.78, 5) is 0.0387. The van der Waals surface area contributed by atoms with Gasteiger partial charge < -0.3 is 10.8 Å². The van der Waals surface area contributed by atoms with Gasteiger partial charge >= 0.3 is 0 Å². The number of nitrogen functional groups attached to an aromatic ring is 1. The lowest BCUT2D eigenvalue weighted by Gasteiger charge is -2.12. The summed E-state index contributed by atoms with van der Waals surface area (Å²) in [5, 5.41) is 9.64. The van der Waals surface area contributed by atoms with E-state index >= 15 is 0 Å². The van der Waals surface area contributed by atoms with E-state index < -0.39 is 10.0 Å². The molecule has 2 aromatic rings. The van der Waals surface area contributed by atoms with Gasteiger partial charge in [-0.1, -0.05) is 6.07 Å². The predicted molar refractivity (Wildman–Crippen MR) is 89.9 cm³/mol. The van der Waals surface area contributed by atoms with Gasteiger partial charge in [0.05, 0.1) is 5.69 Å². The van der Waals surface area contributed by atoms with Crippen LogP contribution in [0.3, 0.4) is 0 Å². The molecule has 0 fully saturated rings. The average molecular weight is 436 g/mol. The number of benzene rings is 2. The Morgan fingerprint density at radius 2 is 1.71 bits per heavy atom. The molecule has 0 aliphatic carbocycles. The van der Waals surface area contributed by atoms with Crippen molar-refractivity contribution in [2.45, 2.75) is 11.8 Å². The summed E-state index contributed by atoms with van der Waals surface area (Å²) in [6.45, 7) is 1.72. The number of halogens is 2. The SMILES string of the molecule is Cc1ccc(NS(=O)(=O)c2c(Br)cc(N)cc2Br)cc1O. The van der Waals surface area contributed by atoms with Crippen LogP contribution in [-0.2, 0) is 10.0 Å². The predicted octanol–water partition coefficient (Wildman–Crippen LogP) is 3.61. The van der Waals surface area contributed by atoms with Crippen LogP contribution in [0.4, 0.5) is 11.4 Å². The standard InChI is InChI=1S/C13H12Br2N2O3S/c1-7-2-3-9(6-12(7)18)17-21(19,20)13-10(14)4-8(16)5-11(13)15/h2-6,17-18H,16H2,1H3. The summed E-state index contributed by atoms with van der Waals surface area (Å²) in [5.74, 6) is 0.0191. The second kappa shape index (κ2) is 5.86. The van der Waals surface area contributed by atoms with Crippen molar-refractivity contribution < 1.29 is 13.5 Å². The fourth-order valence-corrected chi connectivity index (χ4v) is 5.39. The third-order valence-corrected chi connectivity index (χ3v) is 6.01. The topological polar surface area (TPSA) is 92.4 Å². The van der Waals surface area contributed by atoms with Crippen molar-refractivity contribution in [1.29, 1.82) is 0 Å². The molecule has 4 N–H and O–H groups in total. The van der Waals surface area contributed by atoms with Gasteiger partial charge in [0.1, 0.15) is 10.6 Å². The number of hydrogen-bond donors (Lipinski definition) is 3. The van der Waals surface area contributed by atoms with E-state index in [1.165, 1.54) is 18.2 Å². The second-order valence-electron chi connectivity index (χ2n) is 4.42. The molecule has 112 valence electrons. The molecule has 0 bridgehead atoms. The van der Waals surface area contributed by atoms with Crippen molar-refractivity contribution in [3.05, 3.63) is 44.8 Å². The van der Waals surface area contributed by atoms with Crippen LogP contribution in [0.15, 0.2) is 44.2 Å².